The standard InChI is InChI=1S/C20H23N3O2S/c1-11-15-12(2)21-19(20(3,4)5)23-18(15)26-16(11)17(24)22-13-8-7-9-14(10-13)25-6/h7-10H,1-6H3,(H,22,24). The van der Waals surface area contributed by atoms with Gasteiger partial charge in [0.2, 0.25) is 0 Å². The largest absolute Gasteiger partial charge is 0.497 e. The van der Waals surface area contributed by atoms with E-state index in [-0.39, 0.29) is 11.3 Å². The van der Waals surface area contributed by atoms with Crippen molar-refractivity contribution < 1.29 is 9.53 Å². The van der Waals surface area contributed by atoms with Gasteiger partial charge < -0.3 is 10.1 Å². The Hall–Kier alpha value is -2.47. The van der Waals surface area contributed by atoms with E-state index < -0.39 is 0 Å². The summed E-state index contributed by atoms with van der Waals surface area (Å²) in [5.41, 5.74) is 2.39. The van der Waals surface area contributed by atoms with E-state index in [0.717, 1.165) is 27.3 Å². The maximum Gasteiger partial charge on any atom is 0.266 e. The fraction of sp³-hybridized carbons (Fsp3) is 0.350. The van der Waals surface area contributed by atoms with Gasteiger partial charge in [-0.2, -0.15) is 0 Å². The van der Waals surface area contributed by atoms with Crippen LogP contribution in [0.15, 0.2) is 24.3 Å². The average Bonchev–Trinajstić information content (AvgIpc) is 2.91. The zero-order chi connectivity index (χ0) is 19.1. The number of fused-ring (bicyclic) bond motifs is 1. The third kappa shape index (κ3) is 3.42. The quantitative estimate of drug-likeness (QED) is 0.715. The smallest absolute Gasteiger partial charge is 0.266 e. The van der Waals surface area contributed by atoms with Crippen LogP contribution in [0.2, 0.25) is 0 Å². The summed E-state index contributed by atoms with van der Waals surface area (Å²) in [6, 6.07) is 7.32. The molecule has 6 heteroatoms. The Labute approximate surface area is 157 Å². The number of amides is 1. The van der Waals surface area contributed by atoms with Crippen LogP contribution in [-0.4, -0.2) is 23.0 Å². The molecule has 3 rings (SSSR count). The Morgan fingerprint density at radius 3 is 2.58 bits per heavy atom. The highest BCUT2D eigenvalue weighted by molar-refractivity contribution is 7.20. The van der Waals surface area contributed by atoms with Crippen molar-refractivity contribution in [2.75, 3.05) is 12.4 Å². The molecule has 1 amide bonds. The van der Waals surface area contributed by atoms with Crippen molar-refractivity contribution in [1.82, 2.24) is 9.97 Å². The number of methoxy groups -OCH3 is 1. The molecule has 3 aromatic rings. The van der Waals surface area contributed by atoms with E-state index >= 15 is 0 Å². The van der Waals surface area contributed by atoms with Crippen LogP contribution in [0.1, 0.15) is 47.5 Å². The number of benzene rings is 1. The van der Waals surface area contributed by atoms with Gasteiger partial charge in [0, 0.05) is 22.6 Å². The van der Waals surface area contributed by atoms with E-state index in [9.17, 15) is 4.79 Å². The maximum atomic E-state index is 12.8. The lowest BCUT2D eigenvalue weighted by Crippen LogP contribution is -2.16. The Kier molecular flexibility index (Phi) is 4.71. The number of aromatic nitrogens is 2. The van der Waals surface area contributed by atoms with Crippen molar-refractivity contribution >= 4 is 33.1 Å². The Bertz CT molecular complexity index is 987. The second kappa shape index (κ2) is 6.68. The molecule has 1 N–H and O–H groups in total. The number of aryl methyl sites for hydroxylation is 2. The second-order valence-corrected chi connectivity index (χ2v) is 8.30. The predicted molar refractivity (Wildman–Crippen MR) is 107 cm³/mol. The summed E-state index contributed by atoms with van der Waals surface area (Å²) < 4.78 is 5.21. The minimum absolute atomic E-state index is 0.139. The number of thiophene rings is 1. The Morgan fingerprint density at radius 1 is 1.19 bits per heavy atom. The van der Waals surface area contributed by atoms with E-state index in [2.05, 4.69) is 31.1 Å². The number of anilines is 1. The van der Waals surface area contributed by atoms with Gasteiger partial charge in [0.15, 0.2) is 0 Å². The van der Waals surface area contributed by atoms with Crippen LogP contribution < -0.4 is 10.1 Å². The lowest BCUT2D eigenvalue weighted by molar-refractivity contribution is 0.103. The number of hydrogen-bond acceptors (Lipinski definition) is 5. The minimum atomic E-state index is -0.143. The molecule has 0 aliphatic rings. The van der Waals surface area contributed by atoms with Crippen molar-refractivity contribution in [1.29, 1.82) is 0 Å². The molecule has 5 nitrogen and oxygen atoms in total. The maximum absolute atomic E-state index is 12.8. The highest BCUT2D eigenvalue weighted by atomic mass is 32.1. The predicted octanol–water partition coefficient (Wildman–Crippen LogP) is 4.87. The second-order valence-electron chi connectivity index (χ2n) is 7.31. The van der Waals surface area contributed by atoms with Gasteiger partial charge in [0.05, 0.1) is 17.7 Å². The number of nitrogens with zero attached hydrogens (tertiary/aromatic N) is 2. The summed E-state index contributed by atoms with van der Waals surface area (Å²) >= 11 is 1.41. The topological polar surface area (TPSA) is 64.1 Å². The van der Waals surface area contributed by atoms with Crippen molar-refractivity contribution in [2.24, 2.45) is 0 Å². The van der Waals surface area contributed by atoms with Gasteiger partial charge in [-0.05, 0) is 31.5 Å². The molecule has 0 aliphatic carbocycles. The van der Waals surface area contributed by atoms with E-state index in [1.54, 1.807) is 13.2 Å². The third-order valence-corrected chi connectivity index (χ3v) is 5.36. The van der Waals surface area contributed by atoms with E-state index in [0.29, 0.717) is 16.3 Å². The molecule has 136 valence electrons. The van der Waals surface area contributed by atoms with Crippen molar-refractivity contribution in [3.05, 3.63) is 46.2 Å². The summed E-state index contributed by atoms with van der Waals surface area (Å²) in [7, 11) is 1.60. The van der Waals surface area contributed by atoms with Crippen LogP contribution in [0, 0.1) is 13.8 Å². The zero-order valence-electron chi connectivity index (χ0n) is 15.9. The first-order valence-corrected chi connectivity index (χ1v) is 9.26. The zero-order valence-corrected chi connectivity index (χ0v) is 16.7. The molecule has 26 heavy (non-hydrogen) atoms. The van der Waals surface area contributed by atoms with E-state index in [1.807, 2.05) is 32.0 Å². The molecule has 0 radical (unpaired) electrons. The van der Waals surface area contributed by atoms with Gasteiger partial charge >= 0.3 is 0 Å². The van der Waals surface area contributed by atoms with Crippen LogP contribution >= 0.6 is 11.3 Å². The van der Waals surface area contributed by atoms with Gasteiger partial charge in [-0.25, -0.2) is 9.97 Å². The minimum Gasteiger partial charge on any atom is -0.497 e. The van der Waals surface area contributed by atoms with Gasteiger partial charge in [-0.1, -0.05) is 26.8 Å². The molecular weight excluding hydrogens is 346 g/mol. The lowest BCUT2D eigenvalue weighted by Gasteiger charge is -2.16. The van der Waals surface area contributed by atoms with Crippen LogP contribution in [-0.2, 0) is 5.41 Å². The normalized spacial score (nSPS) is 11.6. The molecule has 0 fully saturated rings. The van der Waals surface area contributed by atoms with Crippen LogP contribution in [0.25, 0.3) is 10.2 Å². The highest BCUT2D eigenvalue weighted by Crippen LogP contribution is 2.33. The van der Waals surface area contributed by atoms with Gasteiger partial charge in [-0.15, -0.1) is 11.3 Å². The fourth-order valence-electron chi connectivity index (χ4n) is 2.78. The number of ether oxygens (including phenoxy) is 1. The first-order chi connectivity index (χ1) is 12.2. The summed E-state index contributed by atoms with van der Waals surface area (Å²) in [6.45, 7) is 10.2. The Morgan fingerprint density at radius 2 is 1.92 bits per heavy atom. The monoisotopic (exact) mass is 369 g/mol. The SMILES string of the molecule is COc1cccc(NC(=O)c2sc3nc(C(C)(C)C)nc(C)c3c2C)c1. The van der Waals surface area contributed by atoms with Crippen molar-refractivity contribution in [2.45, 2.75) is 40.0 Å². The van der Waals surface area contributed by atoms with Crippen LogP contribution in [0.3, 0.4) is 0 Å². The number of nitrogens with one attached hydrogen (secondary N) is 1. The van der Waals surface area contributed by atoms with Gasteiger partial charge in [0.25, 0.3) is 5.91 Å². The fourth-order valence-corrected chi connectivity index (χ4v) is 3.91. The molecule has 0 aliphatic heterocycles. The van der Waals surface area contributed by atoms with Gasteiger partial charge in [0.1, 0.15) is 16.4 Å². The number of carbonyl (C=O) groups is 1. The average molecular weight is 369 g/mol. The molecular formula is C20H23N3O2S. The number of hydrogen-bond donors (Lipinski definition) is 1. The molecule has 2 aromatic heterocycles. The molecule has 0 atom stereocenters. The summed E-state index contributed by atoms with van der Waals surface area (Å²) in [6.07, 6.45) is 0. The number of carbonyl (C=O) groups excluding carboxylic acids is 1. The van der Waals surface area contributed by atoms with Crippen molar-refractivity contribution in [3.63, 3.8) is 0 Å². The molecule has 0 saturated carbocycles. The van der Waals surface area contributed by atoms with Crippen molar-refractivity contribution in [3.8, 4) is 5.75 Å². The highest BCUT2D eigenvalue weighted by Gasteiger charge is 2.23. The summed E-state index contributed by atoms with van der Waals surface area (Å²) in [5.74, 6) is 1.35. The summed E-state index contributed by atoms with van der Waals surface area (Å²) in [4.78, 5) is 23.7. The molecule has 0 unspecified atom stereocenters. The molecule has 1 aromatic carbocycles. The number of rotatable bonds is 3. The molecule has 2 heterocycles. The van der Waals surface area contributed by atoms with Crippen LogP contribution in [0.4, 0.5) is 5.69 Å². The Balaban J connectivity index is 2.00. The molecule has 0 saturated heterocycles. The van der Waals surface area contributed by atoms with Crippen LogP contribution in [0.5, 0.6) is 5.75 Å². The van der Waals surface area contributed by atoms with Gasteiger partial charge in [-0.3, -0.25) is 4.79 Å². The molecule has 0 bridgehead atoms. The van der Waals surface area contributed by atoms with E-state index in [1.165, 1.54) is 11.3 Å². The summed E-state index contributed by atoms with van der Waals surface area (Å²) in [5, 5.41) is 3.91. The molecule has 0 spiro atoms. The van der Waals surface area contributed by atoms with E-state index in [4.69, 9.17) is 9.72 Å². The third-order valence-electron chi connectivity index (χ3n) is 4.18. The first-order valence-electron chi connectivity index (χ1n) is 8.44. The first kappa shape index (κ1) is 18.3. The lowest BCUT2D eigenvalue weighted by atomic mass is 9.95.